The van der Waals surface area contributed by atoms with Crippen molar-refractivity contribution in [1.29, 1.82) is 0 Å². The van der Waals surface area contributed by atoms with Crippen LogP contribution in [0, 0.1) is 0 Å². The van der Waals surface area contributed by atoms with Crippen molar-refractivity contribution in [2.45, 2.75) is 89.6 Å². The summed E-state index contributed by atoms with van der Waals surface area (Å²) in [6.45, 7) is 8.49. The predicted octanol–water partition coefficient (Wildman–Crippen LogP) is 8.37. The van der Waals surface area contributed by atoms with E-state index in [0.29, 0.717) is 5.56 Å². The molecule has 3 rings (SSSR count). The van der Waals surface area contributed by atoms with Crippen LogP contribution < -0.4 is 10.1 Å². The van der Waals surface area contributed by atoms with Gasteiger partial charge in [0, 0.05) is 5.02 Å². The average molecular weight is 640 g/mol. The zero-order chi connectivity index (χ0) is 32.3. The van der Waals surface area contributed by atoms with Crippen LogP contribution in [0.3, 0.4) is 0 Å². The van der Waals surface area contributed by atoms with Crippen LogP contribution in [0.5, 0.6) is 5.75 Å². The van der Waals surface area contributed by atoms with Crippen molar-refractivity contribution in [3.05, 3.63) is 63.7 Å². The molecule has 13 heteroatoms. The molecule has 0 aromatic heterocycles. The molecule has 1 aliphatic rings. The normalized spacial score (nSPS) is 16.9. The van der Waals surface area contributed by atoms with E-state index in [2.05, 4.69) is 5.32 Å². The van der Waals surface area contributed by atoms with Crippen molar-refractivity contribution in [3.8, 4) is 5.75 Å². The zero-order valence-corrected chi connectivity index (χ0v) is 25.4. The topological polar surface area (TPSA) is 66.0 Å². The van der Waals surface area contributed by atoms with Crippen molar-refractivity contribution in [2.75, 3.05) is 19.8 Å². The van der Waals surface area contributed by atoms with Gasteiger partial charge in [-0.3, -0.25) is 0 Å². The standard InChI is InChI=1S/C30H36ClF6NO5/c1-26(2,3)43-25(39)38-28(17-41-27(4,5)42-18-28)13-12-19-8-11-24(22(15-19)30(35,36)37)40-14-6-7-20-16-21(29(32,33)34)9-10-23(20)31/h8-11,15-16H,6-7,12-14,17-18H2,1-5H3,(H,38,39). The maximum absolute atomic E-state index is 14.0. The number of alkyl halides is 6. The first-order valence-corrected chi connectivity index (χ1v) is 14.0. The number of benzene rings is 2. The Balaban J connectivity index is 1.69. The second-order valence-electron chi connectivity index (χ2n) is 12.0. The van der Waals surface area contributed by atoms with Crippen LogP contribution in [0.4, 0.5) is 31.1 Å². The summed E-state index contributed by atoms with van der Waals surface area (Å²) >= 11 is 6.01. The molecule has 2 aromatic rings. The fraction of sp³-hybridized carbons (Fsp3) is 0.567. The number of hydrogen-bond acceptors (Lipinski definition) is 5. The number of rotatable bonds is 9. The minimum atomic E-state index is -4.73. The highest BCUT2D eigenvalue weighted by atomic mass is 35.5. The average Bonchev–Trinajstić information content (AvgIpc) is 2.86. The lowest BCUT2D eigenvalue weighted by Crippen LogP contribution is -2.61. The molecule has 1 amide bonds. The first kappa shape index (κ1) is 34.8. The van der Waals surface area contributed by atoms with E-state index in [1.165, 1.54) is 12.1 Å². The summed E-state index contributed by atoms with van der Waals surface area (Å²) in [5.41, 5.74) is -3.10. The van der Waals surface area contributed by atoms with Crippen molar-refractivity contribution in [1.82, 2.24) is 5.32 Å². The molecule has 1 N–H and O–H groups in total. The third kappa shape index (κ3) is 10.5. The maximum Gasteiger partial charge on any atom is 0.419 e. The lowest BCUT2D eigenvalue weighted by Gasteiger charge is -2.44. The van der Waals surface area contributed by atoms with Gasteiger partial charge >= 0.3 is 18.4 Å². The third-order valence-electron chi connectivity index (χ3n) is 6.62. The van der Waals surface area contributed by atoms with E-state index in [0.717, 1.165) is 24.3 Å². The molecule has 0 spiro atoms. The quantitative estimate of drug-likeness (QED) is 0.221. The van der Waals surface area contributed by atoms with Gasteiger partial charge in [-0.1, -0.05) is 17.7 Å². The molecule has 240 valence electrons. The summed E-state index contributed by atoms with van der Waals surface area (Å²) in [5.74, 6) is -1.30. The van der Waals surface area contributed by atoms with E-state index in [1.54, 1.807) is 34.6 Å². The molecule has 1 heterocycles. The van der Waals surface area contributed by atoms with Crippen molar-refractivity contribution in [3.63, 3.8) is 0 Å². The molecule has 1 aliphatic heterocycles. The van der Waals surface area contributed by atoms with Crippen LogP contribution in [-0.4, -0.2) is 42.8 Å². The number of carbonyl (C=O) groups is 1. The second-order valence-corrected chi connectivity index (χ2v) is 12.4. The Kier molecular flexibility index (Phi) is 10.6. The van der Waals surface area contributed by atoms with E-state index in [9.17, 15) is 31.1 Å². The number of alkyl carbamates (subject to hydrolysis) is 1. The maximum atomic E-state index is 14.0. The van der Waals surface area contributed by atoms with E-state index < -0.39 is 52.2 Å². The molecule has 1 fully saturated rings. The summed E-state index contributed by atoms with van der Waals surface area (Å²) in [7, 11) is 0. The first-order valence-electron chi connectivity index (χ1n) is 13.7. The molecule has 0 bridgehead atoms. The van der Waals surface area contributed by atoms with Crippen LogP contribution >= 0.6 is 11.6 Å². The number of ether oxygens (including phenoxy) is 4. The Bertz CT molecular complexity index is 1260. The van der Waals surface area contributed by atoms with Crippen molar-refractivity contribution >= 4 is 17.7 Å². The first-order chi connectivity index (χ1) is 19.7. The molecular weight excluding hydrogens is 604 g/mol. The molecular formula is C30H36ClF6NO5. The minimum Gasteiger partial charge on any atom is -0.493 e. The van der Waals surface area contributed by atoms with Crippen molar-refractivity contribution < 1.29 is 50.1 Å². The third-order valence-corrected chi connectivity index (χ3v) is 6.99. The lowest BCUT2D eigenvalue weighted by molar-refractivity contribution is -0.271. The van der Waals surface area contributed by atoms with Gasteiger partial charge in [0.2, 0.25) is 0 Å². The van der Waals surface area contributed by atoms with Gasteiger partial charge in [-0.05, 0) is 102 Å². The Morgan fingerprint density at radius 1 is 0.953 bits per heavy atom. The van der Waals surface area contributed by atoms with Crippen LogP contribution in [0.2, 0.25) is 5.02 Å². The molecule has 6 nitrogen and oxygen atoms in total. The summed E-state index contributed by atoms with van der Waals surface area (Å²) in [6.07, 6.45) is -9.43. The van der Waals surface area contributed by atoms with Gasteiger partial charge in [-0.25, -0.2) is 4.79 Å². The zero-order valence-electron chi connectivity index (χ0n) is 24.6. The Hall–Kier alpha value is -2.70. The Morgan fingerprint density at radius 3 is 2.19 bits per heavy atom. The number of hydrogen-bond donors (Lipinski definition) is 1. The molecule has 0 radical (unpaired) electrons. The molecule has 43 heavy (non-hydrogen) atoms. The highest BCUT2D eigenvalue weighted by Crippen LogP contribution is 2.38. The smallest absolute Gasteiger partial charge is 0.419 e. The van der Waals surface area contributed by atoms with Gasteiger partial charge in [0.1, 0.15) is 11.4 Å². The molecule has 2 aromatic carbocycles. The van der Waals surface area contributed by atoms with Crippen LogP contribution in [-0.2, 0) is 39.4 Å². The number of aryl methyl sites for hydroxylation is 2. The highest BCUT2D eigenvalue weighted by Gasteiger charge is 2.42. The second kappa shape index (κ2) is 13.1. The summed E-state index contributed by atoms with van der Waals surface area (Å²) in [4.78, 5) is 12.6. The van der Waals surface area contributed by atoms with E-state index in [1.807, 2.05) is 0 Å². The number of halogens is 7. The number of nitrogens with one attached hydrogen (secondary N) is 1. The molecule has 0 aliphatic carbocycles. The summed E-state index contributed by atoms with van der Waals surface area (Å²) in [6, 6.07) is 6.61. The van der Waals surface area contributed by atoms with Gasteiger partial charge in [0.05, 0.1) is 36.5 Å². The van der Waals surface area contributed by atoms with Crippen LogP contribution in [0.25, 0.3) is 0 Å². The van der Waals surface area contributed by atoms with Gasteiger partial charge in [0.15, 0.2) is 5.79 Å². The van der Waals surface area contributed by atoms with Crippen LogP contribution in [0.1, 0.15) is 69.7 Å². The minimum absolute atomic E-state index is 0.0580. The SMILES string of the molecule is CC(C)(C)OC(=O)NC1(CCc2ccc(OCCCc3cc(C(F)(F)F)ccc3Cl)c(C(F)(F)F)c2)COC(C)(C)OC1. The summed E-state index contributed by atoms with van der Waals surface area (Å²) < 4.78 is 103. The van der Waals surface area contributed by atoms with Crippen molar-refractivity contribution in [2.24, 2.45) is 0 Å². The van der Waals surface area contributed by atoms with E-state index in [-0.39, 0.29) is 56.1 Å². The fourth-order valence-electron chi connectivity index (χ4n) is 4.36. The monoisotopic (exact) mass is 639 g/mol. The fourth-order valence-corrected chi connectivity index (χ4v) is 4.57. The van der Waals surface area contributed by atoms with Gasteiger partial charge < -0.3 is 24.3 Å². The molecule has 0 atom stereocenters. The number of carbonyl (C=O) groups excluding carboxylic acids is 1. The predicted molar refractivity (Wildman–Crippen MR) is 148 cm³/mol. The number of amides is 1. The van der Waals surface area contributed by atoms with E-state index >= 15 is 0 Å². The Labute approximate surface area is 252 Å². The van der Waals surface area contributed by atoms with Gasteiger partial charge in [0.25, 0.3) is 0 Å². The van der Waals surface area contributed by atoms with E-state index in [4.69, 9.17) is 30.5 Å². The molecule has 0 saturated carbocycles. The van der Waals surface area contributed by atoms with Gasteiger partial charge in [-0.15, -0.1) is 0 Å². The Morgan fingerprint density at radius 2 is 1.60 bits per heavy atom. The lowest BCUT2D eigenvalue weighted by atomic mass is 9.91. The van der Waals surface area contributed by atoms with Crippen LogP contribution in [0.15, 0.2) is 36.4 Å². The summed E-state index contributed by atoms with van der Waals surface area (Å²) in [5, 5.41) is 2.92. The molecule has 0 unspecified atom stereocenters. The largest absolute Gasteiger partial charge is 0.493 e. The van der Waals surface area contributed by atoms with Gasteiger partial charge in [-0.2, -0.15) is 26.3 Å². The molecule has 1 saturated heterocycles. The highest BCUT2D eigenvalue weighted by molar-refractivity contribution is 6.31.